The quantitative estimate of drug-likeness (QED) is 0.768. The summed E-state index contributed by atoms with van der Waals surface area (Å²) in [5, 5.41) is 4.86. The van der Waals surface area contributed by atoms with E-state index in [1.807, 2.05) is 0 Å². The summed E-state index contributed by atoms with van der Waals surface area (Å²) in [6.07, 6.45) is 2.19. The molecule has 0 saturated heterocycles. The molecule has 0 aliphatic heterocycles. The van der Waals surface area contributed by atoms with Crippen molar-refractivity contribution < 1.29 is 13.6 Å². The van der Waals surface area contributed by atoms with Crippen LogP contribution in [0.3, 0.4) is 0 Å². The predicted octanol–water partition coefficient (Wildman–Crippen LogP) is 1.82. The molecule has 1 fully saturated rings. The molecule has 0 heterocycles. The highest BCUT2D eigenvalue weighted by molar-refractivity contribution is 5.89. The second-order valence-electron chi connectivity index (χ2n) is 4.46. The zero-order valence-electron chi connectivity index (χ0n) is 9.75. The van der Waals surface area contributed by atoms with Gasteiger partial charge in [-0.25, -0.2) is 13.6 Å². The van der Waals surface area contributed by atoms with Crippen molar-refractivity contribution in [3.63, 3.8) is 0 Å². The highest BCUT2D eigenvalue weighted by atomic mass is 19.1. The van der Waals surface area contributed by atoms with Crippen molar-refractivity contribution in [1.82, 2.24) is 5.32 Å². The van der Waals surface area contributed by atoms with Gasteiger partial charge in [0.15, 0.2) is 0 Å². The van der Waals surface area contributed by atoms with E-state index in [-0.39, 0.29) is 11.7 Å². The molecule has 4 N–H and O–H groups in total. The second kappa shape index (κ2) is 5.30. The molecule has 1 aromatic rings. The van der Waals surface area contributed by atoms with Crippen LogP contribution in [0.5, 0.6) is 0 Å². The van der Waals surface area contributed by atoms with E-state index >= 15 is 0 Å². The fourth-order valence-corrected chi connectivity index (χ4v) is 1.66. The Balaban J connectivity index is 1.82. The number of rotatable bonds is 4. The molecule has 0 aromatic heterocycles. The number of amides is 2. The number of hydrogen-bond donors (Lipinski definition) is 3. The van der Waals surface area contributed by atoms with Crippen molar-refractivity contribution in [3.8, 4) is 0 Å². The number of urea groups is 1. The van der Waals surface area contributed by atoms with E-state index in [9.17, 15) is 13.6 Å². The zero-order valence-corrected chi connectivity index (χ0v) is 9.75. The van der Waals surface area contributed by atoms with Crippen molar-refractivity contribution in [2.24, 2.45) is 11.7 Å². The van der Waals surface area contributed by atoms with E-state index in [4.69, 9.17) is 5.73 Å². The molecule has 1 aliphatic carbocycles. The van der Waals surface area contributed by atoms with Gasteiger partial charge in [0.25, 0.3) is 0 Å². The maximum atomic E-state index is 13.2. The first kappa shape index (κ1) is 12.8. The number of nitrogens with two attached hydrogens (primary N) is 1. The molecule has 0 bridgehead atoms. The molecular weight excluding hydrogens is 240 g/mol. The van der Waals surface area contributed by atoms with E-state index in [1.54, 1.807) is 0 Å². The minimum atomic E-state index is -0.809. The smallest absolute Gasteiger partial charge is 0.319 e. The molecule has 1 atom stereocenters. The van der Waals surface area contributed by atoms with Gasteiger partial charge in [-0.2, -0.15) is 0 Å². The van der Waals surface area contributed by atoms with Gasteiger partial charge < -0.3 is 16.4 Å². The normalized spacial score (nSPS) is 16.2. The van der Waals surface area contributed by atoms with Crippen LogP contribution in [0.25, 0.3) is 0 Å². The van der Waals surface area contributed by atoms with E-state index in [0.717, 1.165) is 18.9 Å². The van der Waals surface area contributed by atoms with Crippen molar-refractivity contribution >= 4 is 11.7 Å². The molecule has 6 heteroatoms. The largest absolute Gasteiger partial charge is 0.336 e. The summed E-state index contributed by atoms with van der Waals surface area (Å²) in [5.74, 6) is -1.02. The summed E-state index contributed by atoms with van der Waals surface area (Å²) >= 11 is 0. The Morgan fingerprint density at radius 1 is 1.44 bits per heavy atom. The number of carbonyl (C=O) groups excluding carboxylic acids is 1. The summed E-state index contributed by atoms with van der Waals surface area (Å²) in [7, 11) is 0. The fourth-order valence-electron chi connectivity index (χ4n) is 1.66. The maximum Gasteiger partial charge on any atom is 0.319 e. The Morgan fingerprint density at radius 3 is 2.78 bits per heavy atom. The molecule has 0 radical (unpaired) electrons. The molecular formula is C12H15F2N3O. The first-order valence-corrected chi connectivity index (χ1v) is 5.82. The highest BCUT2D eigenvalue weighted by Gasteiger charge is 2.28. The van der Waals surface area contributed by atoms with Gasteiger partial charge in [0.1, 0.15) is 11.6 Å². The van der Waals surface area contributed by atoms with Gasteiger partial charge in [-0.15, -0.1) is 0 Å². The molecule has 1 aliphatic rings. The Hall–Kier alpha value is -1.69. The molecule has 1 unspecified atom stereocenters. The lowest BCUT2D eigenvalue weighted by atomic mass is 10.2. The van der Waals surface area contributed by atoms with Crippen molar-refractivity contribution in [3.05, 3.63) is 29.8 Å². The molecule has 2 amide bonds. The molecule has 1 aromatic carbocycles. The molecule has 1 saturated carbocycles. The highest BCUT2D eigenvalue weighted by Crippen LogP contribution is 2.31. The van der Waals surface area contributed by atoms with Gasteiger partial charge in [-0.05, 0) is 30.9 Å². The molecule has 18 heavy (non-hydrogen) atoms. The second-order valence-corrected chi connectivity index (χ2v) is 4.46. The monoisotopic (exact) mass is 255 g/mol. The van der Waals surface area contributed by atoms with E-state index < -0.39 is 17.7 Å². The molecule has 2 rings (SSSR count). The van der Waals surface area contributed by atoms with Crippen molar-refractivity contribution in [1.29, 1.82) is 0 Å². The van der Waals surface area contributed by atoms with Crippen LogP contribution in [0.2, 0.25) is 0 Å². The maximum absolute atomic E-state index is 13.2. The summed E-state index contributed by atoms with van der Waals surface area (Å²) in [6, 6.07) is 2.36. The van der Waals surface area contributed by atoms with E-state index in [0.29, 0.717) is 18.5 Å². The first-order chi connectivity index (χ1) is 8.56. The van der Waals surface area contributed by atoms with Crippen LogP contribution in [0.4, 0.5) is 19.3 Å². The molecule has 4 nitrogen and oxygen atoms in total. The topological polar surface area (TPSA) is 67.1 Å². The Bertz CT molecular complexity index is 449. The van der Waals surface area contributed by atoms with Crippen LogP contribution in [0, 0.1) is 17.6 Å². The number of carbonyl (C=O) groups is 1. The summed E-state index contributed by atoms with van der Waals surface area (Å²) < 4.78 is 25.9. The Kier molecular flexibility index (Phi) is 3.76. The average molecular weight is 255 g/mol. The van der Waals surface area contributed by atoms with E-state index in [2.05, 4.69) is 10.6 Å². The van der Waals surface area contributed by atoms with Gasteiger partial charge in [0, 0.05) is 18.7 Å². The molecule has 0 spiro atoms. The lowest BCUT2D eigenvalue weighted by Crippen LogP contribution is -2.40. The van der Waals surface area contributed by atoms with Gasteiger partial charge in [-0.1, -0.05) is 0 Å². The summed E-state index contributed by atoms with van der Waals surface area (Å²) in [4.78, 5) is 11.5. The number of nitrogens with one attached hydrogen (secondary N) is 2. The van der Waals surface area contributed by atoms with Crippen LogP contribution in [-0.2, 0) is 0 Å². The summed E-state index contributed by atoms with van der Waals surface area (Å²) in [5.41, 5.74) is 5.74. The van der Waals surface area contributed by atoms with Gasteiger partial charge in [0.2, 0.25) is 0 Å². The lowest BCUT2D eigenvalue weighted by Gasteiger charge is -2.12. The van der Waals surface area contributed by atoms with Crippen molar-refractivity contribution in [2.45, 2.75) is 18.9 Å². The Labute approximate surface area is 104 Å². The minimum absolute atomic E-state index is 0.0612. The predicted molar refractivity (Wildman–Crippen MR) is 64.1 cm³/mol. The summed E-state index contributed by atoms with van der Waals surface area (Å²) in [6.45, 7) is 0.347. The fraction of sp³-hybridized carbons (Fsp3) is 0.417. The third-order valence-electron chi connectivity index (χ3n) is 2.91. The van der Waals surface area contributed by atoms with Gasteiger partial charge in [-0.3, -0.25) is 0 Å². The third kappa shape index (κ3) is 3.40. The van der Waals surface area contributed by atoms with E-state index in [1.165, 1.54) is 6.07 Å². The number of hydrogen-bond acceptors (Lipinski definition) is 2. The third-order valence-corrected chi connectivity index (χ3v) is 2.91. The van der Waals surface area contributed by atoms with Crippen LogP contribution in [0.15, 0.2) is 18.2 Å². The zero-order chi connectivity index (χ0) is 13.1. The number of benzene rings is 1. The Morgan fingerprint density at radius 2 is 2.17 bits per heavy atom. The van der Waals surface area contributed by atoms with Crippen LogP contribution < -0.4 is 16.4 Å². The number of halogens is 2. The molecule has 98 valence electrons. The van der Waals surface area contributed by atoms with Crippen LogP contribution >= 0.6 is 0 Å². The van der Waals surface area contributed by atoms with Crippen molar-refractivity contribution in [2.75, 3.05) is 11.9 Å². The first-order valence-electron chi connectivity index (χ1n) is 5.82. The van der Waals surface area contributed by atoms with Crippen LogP contribution in [-0.4, -0.2) is 18.6 Å². The van der Waals surface area contributed by atoms with Gasteiger partial charge in [0.05, 0.1) is 5.69 Å². The van der Waals surface area contributed by atoms with Gasteiger partial charge >= 0.3 is 6.03 Å². The SMILES string of the molecule is NC(CNC(=O)Nc1ccc(F)cc1F)C1CC1. The minimum Gasteiger partial charge on any atom is -0.336 e. The average Bonchev–Trinajstić information content (AvgIpc) is 3.14. The lowest BCUT2D eigenvalue weighted by molar-refractivity contribution is 0.251. The van der Waals surface area contributed by atoms with Crippen LogP contribution in [0.1, 0.15) is 12.8 Å². The number of anilines is 1. The standard InChI is InChI=1S/C12H15F2N3O/c13-8-3-4-11(9(14)5-8)17-12(18)16-6-10(15)7-1-2-7/h3-5,7,10H,1-2,6,15H2,(H2,16,17,18).